The summed E-state index contributed by atoms with van der Waals surface area (Å²) in [6.45, 7) is 0. The molecule has 0 radical (unpaired) electrons. The van der Waals surface area contributed by atoms with Gasteiger partial charge in [0.05, 0.1) is 5.03 Å². The predicted octanol–water partition coefficient (Wildman–Crippen LogP) is 3.91. The lowest BCUT2D eigenvalue weighted by atomic mass is 9.96. The minimum Gasteiger partial charge on any atom is -0.234 e. The van der Waals surface area contributed by atoms with Crippen molar-refractivity contribution in [2.45, 2.75) is 22.4 Å². The molecule has 1 aliphatic carbocycles. The molecule has 3 atom stereocenters. The number of rotatable bonds is 0. The van der Waals surface area contributed by atoms with E-state index in [-0.39, 0.29) is 6.08 Å². The molecule has 0 amide bonds. The molecular weight excluding hydrogens is 273 g/mol. The van der Waals surface area contributed by atoms with Crippen molar-refractivity contribution in [3.8, 4) is 0 Å². The fourth-order valence-corrected chi connectivity index (χ4v) is 1.63. The molecule has 0 nitrogen and oxygen atoms in total. The number of hydrogen-bond acceptors (Lipinski definition) is 0. The first kappa shape index (κ1) is 12.3. The Balaban J connectivity index is 3.34. The third kappa shape index (κ3) is 1.41. The Labute approximate surface area is 90.6 Å². The smallest absolute Gasteiger partial charge is 0.234 e. The predicted molar refractivity (Wildman–Crippen MR) is 43.2 cm³/mol. The maximum absolute atomic E-state index is 13.0. The van der Waals surface area contributed by atoms with Crippen LogP contribution >= 0.6 is 34.8 Å². The molecule has 0 heterocycles. The molecule has 14 heavy (non-hydrogen) atoms. The van der Waals surface area contributed by atoms with Crippen molar-refractivity contribution < 1.29 is 22.0 Å². The Kier molecular flexibility index (Phi) is 2.75. The zero-order valence-corrected chi connectivity index (χ0v) is 8.45. The van der Waals surface area contributed by atoms with E-state index in [4.69, 9.17) is 23.2 Å². The summed E-state index contributed by atoms with van der Waals surface area (Å²) >= 11 is 14.2. The van der Waals surface area contributed by atoms with Gasteiger partial charge in [-0.1, -0.05) is 34.8 Å². The summed E-state index contributed by atoms with van der Waals surface area (Å²) in [4.78, 5) is 0. The Morgan fingerprint density at radius 1 is 1.14 bits per heavy atom. The lowest BCUT2D eigenvalue weighted by Gasteiger charge is -2.39. The van der Waals surface area contributed by atoms with Crippen molar-refractivity contribution in [1.82, 2.24) is 0 Å². The van der Waals surface area contributed by atoms with Crippen molar-refractivity contribution in [3.05, 3.63) is 11.1 Å². The van der Waals surface area contributed by atoms with E-state index in [0.29, 0.717) is 0 Å². The third-order valence-electron chi connectivity index (χ3n) is 1.72. The summed E-state index contributed by atoms with van der Waals surface area (Å²) in [6.07, 6.45) is -3.24. The van der Waals surface area contributed by atoms with Gasteiger partial charge in [-0.2, -0.15) is 8.78 Å². The minimum atomic E-state index is -4.84. The molecule has 0 saturated carbocycles. The normalized spacial score (nSPS) is 47.4. The monoisotopic (exact) mass is 274 g/mol. The fourth-order valence-electron chi connectivity index (χ4n) is 0.892. The molecular formula is C6H2Cl3F5. The van der Waals surface area contributed by atoms with Crippen molar-refractivity contribution in [2.24, 2.45) is 0 Å². The van der Waals surface area contributed by atoms with Gasteiger partial charge in [-0.05, 0) is 6.08 Å². The largest absolute Gasteiger partial charge is 0.335 e. The van der Waals surface area contributed by atoms with Gasteiger partial charge in [0.2, 0.25) is 6.17 Å². The second-order valence-electron chi connectivity index (χ2n) is 2.71. The molecule has 0 fully saturated rings. The van der Waals surface area contributed by atoms with Crippen molar-refractivity contribution >= 4 is 34.8 Å². The van der Waals surface area contributed by atoms with Gasteiger partial charge >= 0.3 is 11.1 Å². The number of allylic oxidation sites excluding steroid dienone is 2. The van der Waals surface area contributed by atoms with Gasteiger partial charge in [0, 0.05) is 0 Å². The molecule has 8 heteroatoms. The van der Waals surface area contributed by atoms with E-state index in [1.807, 2.05) is 0 Å². The summed E-state index contributed by atoms with van der Waals surface area (Å²) in [5, 5.41) is -9.35. The fraction of sp³-hybridized carbons (Fsp3) is 0.667. The van der Waals surface area contributed by atoms with Crippen LogP contribution < -0.4 is 0 Å². The van der Waals surface area contributed by atoms with E-state index in [1.54, 1.807) is 0 Å². The first-order chi connectivity index (χ1) is 6.04. The van der Waals surface area contributed by atoms with Crippen LogP contribution in [0.2, 0.25) is 0 Å². The highest BCUT2D eigenvalue weighted by molar-refractivity contribution is 6.37. The number of hydrogen-bond donors (Lipinski definition) is 0. The molecule has 0 bridgehead atoms. The third-order valence-corrected chi connectivity index (χ3v) is 3.01. The first-order valence-electron chi connectivity index (χ1n) is 3.20. The zero-order valence-electron chi connectivity index (χ0n) is 6.18. The van der Waals surface area contributed by atoms with E-state index in [0.717, 1.165) is 0 Å². The molecule has 0 spiro atoms. The average molecular weight is 275 g/mol. The lowest BCUT2D eigenvalue weighted by molar-refractivity contribution is -0.164. The van der Waals surface area contributed by atoms with Crippen LogP contribution in [0.3, 0.4) is 0 Å². The molecule has 0 aromatic rings. The standard InChI is InChI=1S/C6H2Cl3F5/c7-2-1-4(8,11)6(9,14)5(12,13)3(2)10/h1,3H. The maximum Gasteiger partial charge on any atom is 0.335 e. The average Bonchev–Trinajstić information content (AvgIpc) is 1.99. The molecule has 82 valence electrons. The van der Waals surface area contributed by atoms with Gasteiger partial charge in [0.15, 0.2) is 0 Å². The van der Waals surface area contributed by atoms with Gasteiger partial charge in [-0.3, -0.25) is 0 Å². The number of halogens is 8. The summed E-state index contributed by atoms with van der Waals surface area (Å²) in [5.41, 5.74) is 0. The van der Waals surface area contributed by atoms with Gasteiger partial charge in [0.1, 0.15) is 0 Å². The minimum absolute atomic E-state index is 0.0226. The molecule has 0 aromatic carbocycles. The van der Waals surface area contributed by atoms with Crippen LogP contribution in [0.1, 0.15) is 0 Å². The highest BCUT2D eigenvalue weighted by Crippen LogP contribution is 2.56. The van der Waals surface area contributed by atoms with Crippen molar-refractivity contribution in [3.63, 3.8) is 0 Å². The van der Waals surface area contributed by atoms with E-state index < -0.39 is 27.4 Å². The Hall–Kier alpha value is 0.260. The van der Waals surface area contributed by atoms with Gasteiger partial charge in [0.25, 0.3) is 5.13 Å². The van der Waals surface area contributed by atoms with Crippen LogP contribution in [0.25, 0.3) is 0 Å². The highest BCUT2D eigenvalue weighted by Gasteiger charge is 2.73. The Bertz CT molecular complexity index is 285. The molecule has 1 aliphatic rings. The van der Waals surface area contributed by atoms with E-state index in [9.17, 15) is 22.0 Å². The van der Waals surface area contributed by atoms with Crippen LogP contribution in [0, 0.1) is 0 Å². The Morgan fingerprint density at radius 3 is 2.00 bits per heavy atom. The van der Waals surface area contributed by atoms with Gasteiger partial charge in [-0.15, -0.1) is 0 Å². The van der Waals surface area contributed by atoms with Gasteiger partial charge in [-0.25, -0.2) is 13.2 Å². The summed E-state index contributed by atoms with van der Waals surface area (Å²) in [6, 6.07) is 0. The van der Waals surface area contributed by atoms with Gasteiger partial charge < -0.3 is 0 Å². The maximum atomic E-state index is 13.0. The topological polar surface area (TPSA) is 0 Å². The zero-order chi connectivity index (χ0) is 11.4. The summed E-state index contributed by atoms with van der Waals surface area (Å²) in [5.74, 6) is -4.84. The van der Waals surface area contributed by atoms with Crippen molar-refractivity contribution in [2.75, 3.05) is 0 Å². The van der Waals surface area contributed by atoms with E-state index in [1.165, 1.54) is 0 Å². The van der Waals surface area contributed by atoms with Crippen LogP contribution in [-0.4, -0.2) is 22.4 Å². The van der Waals surface area contributed by atoms with Crippen LogP contribution in [0.4, 0.5) is 22.0 Å². The summed E-state index contributed by atoms with van der Waals surface area (Å²) in [7, 11) is 0. The molecule has 0 aliphatic heterocycles. The van der Waals surface area contributed by atoms with E-state index >= 15 is 0 Å². The quantitative estimate of drug-likeness (QED) is 0.464. The van der Waals surface area contributed by atoms with Crippen molar-refractivity contribution in [1.29, 1.82) is 0 Å². The van der Waals surface area contributed by atoms with E-state index in [2.05, 4.69) is 11.6 Å². The second-order valence-corrected chi connectivity index (χ2v) is 4.22. The molecule has 3 unspecified atom stereocenters. The highest BCUT2D eigenvalue weighted by atomic mass is 35.5. The second kappa shape index (κ2) is 3.12. The number of alkyl halides is 7. The van der Waals surface area contributed by atoms with Crippen LogP contribution in [-0.2, 0) is 0 Å². The molecule has 0 N–H and O–H groups in total. The molecule has 1 rings (SSSR count). The van der Waals surface area contributed by atoms with Crippen LogP contribution in [0.5, 0.6) is 0 Å². The first-order valence-corrected chi connectivity index (χ1v) is 4.33. The summed E-state index contributed by atoms with van der Waals surface area (Å²) < 4.78 is 64.3. The molecule has 0 aromatic heterocycles. The lowest BCUT2D eigenvalue weighted by Crippen LogP contribution is -2.59. The Morgan fingerprint density at radius 2 is 1.57 bits per heavy atom. The SMILES string of the molecule is FC1C(Cl)=CC(F)(Cl)C(F)(Cl)C1(F)F. The van der Waals surface area contributed by atoms with Crippen LogP contribution in [0.15, 0.2) is 11.1 Å². The molecule has 0 saturated heterocycles.